The number of likely N-dealkylation sites (tertiary alicyclic amines) is 1. The van der Waals surface area contributed by atoms with Crippen molar-refractivity contribution in [3.63, 3.8) is 0 Å². The fraction of sp³-hybridized carbons (Fsp3) is 0.588. The molecule has 1 atom stereocenters. The fourth-order valence-electron chi connectivity index (χ4n) is 3.40. The maximum Gasteiger partial charge on any atom is 0.239 e. The second-order valence-electron chi connectivity index (χ2n) is 6.42. The molecule has 1 aromatic rings. The monoisotopic (exact) mass is 340 g/mol. The lowest BCUT2D eigenvalue weighted by Gasteiger charge is -2.32. The summed E-state index contributed by atoms with van der Waals surface area (Å²) in [5, 5.41) is 0. The van der Waals surface area contributed by atoms with Gasteiger partial charge in [-0.2, -0.15) is 0 Å². The van der Waals surface area contributed by atoms with E-state index < -0.39 is 0 Å². The van der Waals surface area contributed by atoms with Crippen molar-refractivity contribution in [3.05, 3.63) is 29.8 Å². The van der Waals surface area contributed by atoms with Gasteiger partial charge in [0.05, 0.1) is 4.75 Å². The van der Waals surface area contributed by atoms with E-state index in [0.717, 1.165) is 45.2 Å². The van der Waals surface area contributed by atoms with Crippen LogP contribution < -0.4 is 5.73 Å². The van der Waals surface area contributed by atoms with Crippen molar-refractivity contribution in [1.29, 1.82) is 0 Å². The van der Waals surface area contributed by atoms with E-state index in [-0.39, 0.29) is 23.2 Å². The molecular weight excluding hydrogens is 316 g/mol. The first-order valence-electron chi connectivity index (χ1n) is 7.90. The van der Waals surface area contributed by atoms with Crippen molar-refractivity contribution in [2.24, 2.45) is 5.73 Å². The summed E-state index contributed by atoms with van der Waals surface area (Å²) in [6.07, 6.45) is 5.25. The number of rotatable bonds is 3. The van der Waals surface area contributed by atoms with E-state index in [1.165, 1.54) is 10.5 Å². The summed E-state index contributed by atoms with van der Waals surface area (Å²) in [7, 11) is 0. The van der Waals surface area contributed by atoms with Crippen LogP contribution in [0.3, 0.4) is 0 Å². The average Bonchev–Trinajstić information content (AvgIpc) is 3.11. The summed E-state index contributed by atoms with van der Waals surface area (Å²) in [5.74, 6) is 0.318. The highest BCUT2D eigenvalue weighted by molar-refractivity contribution is 8.01. The van der Waals surface area contributed by atoms with Gasteiger partial charge in [-0.05, 0) is 38.3 Å². The Morgan fingerprint density at radius 2 is 1.91 bits per heavy atom. The molecule has 3 rings (SSSR count). The Labute approximate surface area is 143 Å². The van der Waals surface area contributed by atoms with E-state index in [0.29, 0.717) is 5.91 Å². The number of carbonyl (C=O) groups excluding carboxylic acids is 1. The van der Waals surface area contributed by atoms with Crippen LogP contribution in [-0.4, -0.2) is 34.7 Å². The van der Waals surface area contributed by atoms with Crippen LogP contribution in [0.2, 0.25) is 0 Å². The first kappa shape index (κ1) is 17.6. The van der Waals surface area contributed by atoms with Crippen molar-refractivity contribution in [3.8, 4) is 0 Å². The van der Waals surface area contributed by atoms with E-state index in [1.807, 2.05) is 4.90 Å². The summed E-state index contributed by atoms with van der Waals surface area (Å²) >= 11 is 1.77. The van der Waals surface area contributed by atoms with Crippen LogP contribution in [0.4, 0.5) is 0 Å². The number of thioether (sulfide) groups is 1. The van der Waals surface area contributed by atoms with Gasteiger partial charge < -0.3 is 10.6 Å². The Kier molecular flexibility index (Phi) is 5.81. The molecule has 3 nitrogen and oxygen atoms in total. The zero-order valence-corrected chi connectivity index (χ0v) is 14.7. The van der Waals surface area contributed by atoms with Gasteiger partial charge in [-0.1, -0.05) is 30.5 Å². The minimum Gasteiger partial charge on any atom is -0.340 e. The number of halogens is 1. The molecule has 5 heteroatoms. The molecule has 1 amide bonds. The van der Waals surface area contributed by atoms with Crippen LogP contribution >= 0.6 is 24.2 Å². The van der Waals surface area contributed by atoms with Crippen LogP contribution in [0.1, 0.15) is 37.7 Å². The summed E-state index contributed by atoms with van der Waals surface area (Å²) in [6.45, 7) is 3.65. The van der Waals surface area contributed by atoms with Crippen LogP contribution in [0, 0.1) is 6.92 Å². The fourth-order valence-corrected chi connectivity index (χ4v) is 4.83. The normalized spacial score (nSPS) is 23.4. The Hall–Kier alpha value is -0.710. The quantitative estimate of drug-likeness (QED) is 0.917. The molecule has 2 aliphatic rings. The van der Waals surface area contributed by atoms with Crippen molar-refractivity contribution >= 4 is 30.1 Å². The Morgan fingerprint density at radius 3 is 2.45 bits per heavy atom. The molecule has 0 spiro atoms. The molecule has 1 heterocycles. The minimum atomic E-state index is -0.251. The zero-order chi connectivity index (χ0) is 14.9. The van der Waals surface area contributed by atoms with Crippen molar-refractivity contribution in [1.82, 2.24) is 4.90 Å². The van der Waals surface area contributed by atoms with Gasteiger partial charge in [-0.3, -0.25) is 4.79 Å². The molecule has 1 aliphatic carbocycles. The number of benzene rings is 1. The number of hydrogen-bond donors (Lipinski definition) is 1. The van der Waals surface area contributed by atoms with E-state index in [4.69, 9.17) is 5.73 Å². The third-order valence-electron chi connectivity index (χ3n) is 4.65. The van der Waals surface area contributed by atoms with E-state index in [2.05, 4.69) is 31.2 Å². The highest BCUT2D eigenvalue weighted by Gasteiger charge is 2.45. The van der Waals surface area contributed by atoms with E-state index >= 15 is 0 Å². The Balaban J connectivity index is 0.00000176. The number of nitrogens with zero attached hydrogens (tertiary/aromatic N) is 1. The molecule has 1 aromatic carbocycles. The lowest BCUT2D eigenvalue weighted by atomic mass is 10.1. The SMILES string of the molecule is Cc1ccc(SC2(C(=O)N3CC[C@@H](N)C3)CCCC2)cc1.Cl. The molecule has 2 N–H and O–H groups in total. The third-order valence-corrected chi connectivity index (χ3v) is 6.13. The van der Waals surface area contributed by atoms with Gasteiger partial charge >= 0.3 is 0 Å². The molecule has 2 fully saturated rings. The molecule has 1 saturated heterocycles. The van der Waals surface area contributed by atoms with Crippen LogP contribution in [0.15, 0.2) is 29.2 Å². The maximum atomic E-state index is 13.0. The number of carbonyl (C=O) groups is 1. The second kappa shape index (κ2) is 7.24. The Morgan fingerprint density at radius 1 is 1.27 bits per heavy atom. The first-order valence-corrected chi connectivity index (χ1v) is 8.71. The lowest BCUT2D eigenvalue weighted by molar-refractivity contribution is -0.132. The van der Waals surface area contributed by atoms with Gasteiger partial charge in [0.2, 0.25) is 5.91 Å². The number of hydrogen-bond acceptors (Lipinski definition) is 3. The summed E-state index contributed by atoms with van der Waals surface area (Å²) < 4.78 is -0.251. The molecule has 0 unspecified atom stereocenters. The van der Waals surface area contributed by atoms with Crippen molar-refractivity contribution in [2.75, 3.05) is 13.1 Å². The van der Waals surface area contributed by atoms with Crippen LogP contribution in [-0.2, 0) is 4.79 Å². The van der Waals surface area contributed by atoms with Gasteiger partial charge in [0.25, 0.3) is 0 Å². The van der Waals surface area contributed by atoms with Gasteiger partial charge in [0, 0.05) is 24.0 Å². The average molecular weight is 341 g/mol. The topological polar surface area (TPSA) is 46.3 Å². The highest BCUT2D eigenvalue weighted by Crippen LogP contribution is 2.46. The first-order chi connectivity index (χ1) is 10.1. The second-order valence-corrected chi connectivity index (χ2v) is 7.87. The van der Waals surface area contributed by atoms with E-state index in [9.17, 15) is 4.79 Å². The van der Waals surface area contributed by atoms with Gasteiger partial charge in [0.15, 0.2) is 0 Å². The summed E-state index contributed by atoms with van der Waals surface area (Å²) in [6, 6.07) is 8.70. The van der Waals surface area contributed by atoms with Crippen LogP contribution in [0.5, 0.6) is 0 Å². The highest BCUT2D eigenvalue weighted by atomic mass is 35.5. The smallest absolute Gasteiger partial charge is 0.239 e. The molecule has 1 saturated carbocycles. The van der Waals surface area contributed by atoms with Gasteiger partial charge in [-0.15, -0.1) is 24.2 Å². The lowest BCUT2D eigenvalue weighted by Crippen LogP contribution is -2.45. The number of amides is 1. The molecule has 0 bridgehead atoms. The zero-order valence-electron chi connectivity index (χ0n) is 13.1. The maximum absolute atomic E-state index is 13.0. The number of nitrogens with two attached hydrogens (primary N) is 1. The largest absolute Gasteiger partial charge is 0.340 e. The Bertz CT molecular complexity index is 514. The standard InChI is InChI=1S/C17H24N2OS.ClH/c1-13-4-6-15(7-5-13)21-17(9-2-3-10-17)16(20)19-11-8-14(18)12-19;/h4-7,14H,2-3,8-12,18H2,1H3;1H/t14-;/m1./s1. The molecule has 22 heavy (non-hydrogen) atoms. The predicted molar refractivity (Wildman–Crippen MR) is 94.7 cm³/mol. The third kappa shape index (κ3) is 3.61. The number of aryl methyl sites for hydroxylation is 1. The molecule has 122 valence electrons. The molecule has 0 radical (unpaired) electrons. The molecular formula is C17H25ClN2OS. The van der Waals surface area contributed by atoms with Gasteiger partial charge in [0.1, 0.15) is 0 Å². The minimum absolute atomic E-state index is 0. The van der Waals surface area contributed by atoms with Crippen molar-refractivity contribution < 1.29 is 4.79 Å². The summed E-state index contributed by atoms with van der Waals surface area (Å²) in [5.41, 5.74) is 7.23. The summed E-state index contributed by atoms with van der Waals surface area (Å²) in [4.78, 5) is 16.2. The molecule has 1 aliphatic heterocycles. The van der Waals surface area contributed by atoms with Crippen molar-refractivity contribution in [2.45, 2.75) is 54.7 Å². The predicted octanol–water partition coefficient (Wildman–Crippen LogP) is 3.38. The molecule has 0 aromatic heterocycles. The van der Waals surface area contributed by atoms with E-state index in [1.54, 1.807) is 11.8 Å². The van der Waals surface area contributed by atoms with Crippen LogP contribution in [0.25, 0.3) is 0 Å². The van der Waals surface area contributed by atoms with Gasteiger partial charge in [-0.25, -0.2) is 0 Å².